The Kier molecular flexibility index (Phi) is 6.46. The van der Waals surface area contributed by atoms with Crippen LogP contribution in [0.2, 0.25) is 5.02 Å². The van der Waals surface area contributed by atoms with Crippen LogP contribution in [0, 0.1) is 12.7 Å². The van der Waals surface area contributed by atoms with E-state index < -0.39 is 29.4 Å². The Morgan fingerprint density at radius 2 is 1.80 bits per heavy atom. The summed E-state index contributed by atoms with van der Waals surface area (Å²) in [5, 5.41) is 20.2. The Morgan fingerprint density at radius 3 is 2.40 bits per heavy atom. The van der Waals surface area contributed by atoms with Gasteiger partial charge in [-0.05, 0) is 55.3 Å². The molecule has 0 spiro atoms. The second-order valence-corrected chi connectivity index (χ2v) is 7.76. The number of aromatic nitrogens is 1. The Balaban J connectivity index is 2.26. The zero-order valence-electron chi connectivity index (χ0n) is 16.8. The monoisotopic (exact) mass is 431 g/mol. The first kappa shape index (κ1) is 21.8. The Labute approximate surface area is 178 Å². The van der Waals surface area contributed by atoms with Gasteiger partial charge in [0.1, 0.15) is 0 Å². The highest BCUT2D eigenvalue weighted by Gasteiger charge is 2.31. The number of halogens is 2. The van der Waals surface area contributed by atoms with Gasteiger partial charge in [-0.1, -0.05) is 37.8 Å². The van der Waals surface area contributed by atoms with Crippen LogP contribution in [0.3, 0.4) is 0 Å². The van der Waals surface area contributed by atoms with Crippen molar-refractivity contribution in [3.05, 3.63) is 64.1 Å². The van der Waals surface area contributed by atoms with Gasteiger partial charge in [0.2, 0.25) is 0 Å². The third-order valence-corrected chi connectivity index (χ3v) is 5.62. The second kappa shape index (κ2) is 8.88. The summed E-state index contributed by atoms with van der Waals surface area (Å²) in [6, 6.07) is 8.87. The smallest absolute Gasteiger partial charge is 0.311 e. The summed E-state index contributed by atoms with van der Waals surface area (Å²) in [5.74, 6) is -4.01. The molecule has 0 unspecified atom stereocenters. The lowest BCUT2D eigenvalue weighted by Crippen LogP contribution is -2.16. The summed E-state index contributed by atoms with van der Waals surface area (Å²) in [7, 11) is 0. The SMILES string of the molecule is CCCCC[C@H](C(=O)O)c1c(C)n(C(=O)c2ccc(Cl)cc2)c2ccc(O)c(F)c12. The van der Waals surface area contributed by atoms with E-state index >= 15 is 0 Å². The van der Waals surface area contributed by atoms with E-state index in [9.17, 15) is 24.2 Å². The van der Waals surface area contributed by atoms with E-state index in [1.165, 1.54) is 16.7 Å². The second-order valence-electron chi connectivity index (χ2n) is 7.33. The van der Waals surface area contributed by atoms with Crippen LogP contribution in [-0.2, 0) is 4.79 Å². The fraction of sp³-hybridized carbons (Fsp3) is 0.304. The van der Waals surface area contributed by atoms with Crippen molar-refractivity contribution in [2.45, 2.75) is 45.4 Å². The number of rotatable bonds is 7. The number of hydrogen-bond donors (Lipinski definition) is 2. The van der Waals surface area contributed by atoms with Gasteiger partial charge in [-0.2, -0.15) is 0 Å². The topological polar surface area (TPSA) is 79.5 Å². The van der Waals surface area contributed by atoms with Crippen LogP contribution >= 0.6 is 11.6 Å². The van der Waals surface area contributed by atoms with E-state index in [1.807, 2.05) is 6.92 Å². The van der Waals surface area contributed by atoms with E-state index in [4.69, 9.17) is 11.6 Å². The normalized spacial score (nSPS) is 12.3. The number of nitrogens with zero attached hydrogens (tertiary/aromatic N) is 1. The zero-order chi connectivity index (χ0) is 22.0. The number of phenolic OH excluding ortho intramolecular Hbond substituents is 1. The minimum absolute atomic E-state index is 0.0290. The van der Waals surface area contributed by atoms with Gasteiger partial charge >= 0.3 is 5.97 Å². The van der Waals surface area contributed by atoms with Crippen molar-refractivity contribution in [3.63, 3.8) is 0 Å². The molecule has 0 aliphatic rings. The molecule has 3 aromatic rings. The highest BCUT2D eigenvalue weighted by molar-refractivity contribution is 6.30. The molecule has 7 heteroatoms. The molecule has 0 radical (unpaired) electrons. The number of carbonyl (C=O) groups is 2. The summed E-state index contributed by atoms with van der Waals surface area (Å²) in [4.78, 5) is 25.3. The third-order valence-electron chi connectivity index (χ3n) is 5.37. The van der Waals surface area contributed by atoms with Gasteiger partial charge in [0.25, 0.3) is 5.91 Å². The summed E-state index contributed by atoms with van der Waals surface area (Å²) in [6.45, 7) is 3.62. The maximum atomic E-state index is 15.0. The predicted octanol–water partition coefficient (Wildman–Crippen LogP) is 5.88. The molecule has 1 heterocycles. The molecule has 0 fully saturated rings. The number of aromatic hydroxyl groups is 1. The lowest BCUT2D eigenvalue weighted by atomic mass is 9.90. The Morgan fingerprint density at radius 1 is 1.13 bits per heavy atom. The molecule has 1 aromatic heterocycles. The minimum Gasteiger partial charge on any atom is -0.505 e. The van der Waals surface area contributed by atoms with Gasteiger partial charge in [0.05, 0.1) is 11.4 Å². The average molecular weight is 432 g/mol. The number of aliphatic carboxylic acids is 1. The molecule has 0 aliphatic carbocycles. The van der Waals surface area contributed by atoms with Crippen LogP contribution in [0.5, 0.6) is 5.75 Å². The van der Waals surface area contributed by atoms with Gasteiger partial charge in [-0.3, -0.25) is 14.2 Å². The third kappa shape index (κ3) is 3.92. The zero-order valence-corrected chi connectivity index (χ0v) is 17.5. The van der Waals surface area contributed by atoms with Gasteiger partial charge in [-0.15, -0.1) is 0 Å². The Hall–Kier alpha value is -2.86. The number of unbranched alkanes of at least 4 members (excludes halogenated alkanes) is 2. The fourth-order valence-corrected chi connectivity index (χ4v) is 4.00. The number of carbonyl (C=O) groups excluding carboxylic acids is 1. The van der Waals surface area contributed by atoms with E-state index in [1.54, 1.807) is 31.2 Å². The van der Waals surface area contributed by atoms with E-state index in [0.717, 1.165) is 12.8 Å². The summed E-state index contributed by atoms with van der Waals surface area (Å²) in [5.41, 5.74) is 1.12. The van der Waals surface area contributed by atoms with Crippen molar-refractivity contribution in [1.82, 2.24) is 4.57 Å². The first-order chi connectivity index (χ1) is 14.3. The maximum Gasteiger partial charge on any atom is 0.311 e. The molecule has 30 heavy (non-hydrogen) atoms. The number of phenols is 1. The molecule has 0 saturated heterocycles. The molecule has 2 aromatic carbocycles. The van der Waals surface area contributed by atoms with Crippen molar-refractivity contribution in [2.24, 2.45) is 0 Å². The number of carboxylic acid groups (broad SMARTS) is 1. The highest BCUT2D eigenvalue weighted by atomic mass is 35.5. The molecule has 1 atom stereocenters. The van der Waals surface area contributed by atoms with Crippen LogP contribution in [-0.4, -0.2) is 26.7 Å². The number of carboxylic acids is 1. The summed E-state index contributed by atoms with van der Waals surface area (Å²) < 4.78 is 16.3. The van der Waals surface area contributed by atoms with E-state index in [-0.39, 0.29) is 16.5 Å². The van der Waals surface area contributed by atoms with Gasteiger partial charge in [0.15, 0.2) is 11.6 Å². The van der Waals surface area contributed by atoms with Crippen LogP contribution in [0.25, 0.3) is 10.9 Å². The molecule has 158 valence electrons. The molecular formula is C23H23ClFNO4. The average Bonchev–Trinajstić information content (AvgIpc) is 3.00. The maximum absolute atomic E-state index is 15.0. The van der Waals surface area contributed by atoms with Crippen LogP contribution in [0.15, 0.2) is 36.4 Å². The van der Waals surface area contributed by atoms with Gasteiger partial charge in [-0.25, -0.2) is 4.39 Å². The molecule has 5 nitrogen and oxygen atoms in total. The first-order valence-electron chi connectivity index (χ1n) is 9.83. The van der Waals surface area contributed by atoms with Crippen molar-refractivity contribution < 1.29 is 24.2 Å². The van der Waals surface area contributed by atoms with Crippen molar-refractivity contribution >= 4 is 34.4 Å². The molecule has 2 N–H and O–H groups in total. The van der Waals surface area contributed by atoms with Crippen molar-refractivity contribution in [2.75, 3.05) is 0 Å². The molecule has 0 bridgehead atoms. The highest BCUT2D eigenvalue weighted by Crippen LogP contribution is 2.39. The van der Waals surface area contributed by atoms with Gasteiger partial charge in [0, 0.05) is 21.7 Å². The molecule has 0 saturated carbocycles. The Bertz CT molecular complexity index is 1100. The first-order valence-corrected chi connectivity index (χ1v) is 10.2. The lowest BCUT2D eigenvalue weighted by Gasteiger charge is -2.14. The summed E-state index contributed by atoms with van der Waals surface area (Å²) >= 11 is 5.91. The van der Waals surface area contributed by atoms with Crippen molar-refractivity contribution in [3.8, 4) is 5.75 Å². The minimum atomic E-state index is -1.09. The molecular weight excluding hydrogens is 409 g/mol. The van der Waals surface area contributed by atoms with E-state index in [2.05, 4.69) is 0 Å². The van der Waals surface area contributed by atoms with Crippen LogP contribution in [0.1, 0.15) is 60.1 Å². The number of fused-ring (bicyclic) bond motifs is 1. The predicted molar refractivity (Wildman–Crippen MR) is 114 cm³/mol. The standard InChI is InChI=1S/C23H23ClFNO4/c1-3-4-5-6-16(23(29)30)19-13(2)26(17-11-12-18(27)21(25)20(17)19)22(28)14-7-9-15(24)10-8-14/h7-12,16,27H,3-6H2,1-2H3,(H,29,30)/t16-/m0/s1. The molecule has 3 rings (SSSR count). The fourth-order valence-electron chi connectivity index (χ4n) is 3.88. The quantitative estimate of drug-likeness (QED) is 0.457. The van der Waals surface area contributed by atoms with Crippen LogP contribution < -0.4 is 0 Å². The number of hydrogen-bond acceptors (Lipinski definition) is 3. The van der Waals surface area contributed by atoms with E-state index in [0.29, 0.717) is 29.1 Å². The lowest BCUT2D eigenvalue weighted by molar-refractivity contribution is -0.139. The number of benzene rings is 2. The summed E-state index contributed by atoms with van der Waals surface area (Å²) in [6.07, 6.45) is 2.73. The largest absolute Gasteiger partial charge is 0.505 e. The molecule has 0 amide bonds. The van der Waals surface area contributed by atoms with Crippen molar-refractivity contribution in [1.29, 1.82) is 0 Å². The molecule has 0 aliphatic heterocycles. The van der Waals surface area contributed by atoms with Gasteiger partial charge < -0.3 is 10.2 Å². The van der Waals surface area contributed by atoms with Crippen LogP contribution in [0.4, 0.5) is 4.39 Å².